The molecule has 0 bridgehead atoms. The molecule has 0 rings (SSSR count). The second-order valence-electron chi connectivity index (χ2n) is 0.274. The highest BCUT2D eigenvalue weighted by Gasteiger charge is 1.80. The summed E-state index contributed by atoms with van der Waals surface area (Å²) in [7, 11) is 0. The van der Waals surface area contributed by atoms with E-state index < -0.39 is 4.57 Å². The lowest BCUT2D eigenvalue weighted by atomic mass is 11.8. The van der Waals surface area contributed by atoms with Crippen molar-refractivity contribution in [1.29, 1.82) is 0 Å². The second-order valence-corrected chi connectivity index (χ2v) is 1.39. The fraction of sp³-hybridized carbons (Fsp3) is 0. The van der Waals surface area contributed by atoms with E-state index in [1.807, 2.05) is 0 Å². The first-order chi connectivity index (χ1) is 1.73. The average Bonchev–Trinajstić information content (AvgIpc) is 0.811. The monoisotopic (exact) mass is 132 g/mol. The van der Waals surface area contributed by atoms with Gasteiger partial charge in [0.25, 0.3) is 0 Å². The predicted octanol–water partition coefficient (Wildman–Crippen LogP) is -2.64. The molecule has 1 nitrogen and oxygen atoms in total. The molecule has 0 radical (unpaired) electrons. The molecule has 32 valence electrons. The van der Waals surface area contributed by atoms with Crippen LogP contribution < -0.4 is 12.4 Å². The molecular weight excluding hydrogens is 131 g/mol. The Morgan fingerprint density at radius 3 is 1.80 bits per heavy atom. The predicted molar refractivity (Wildman–Crippen MR) is 21.4 cm³/mol. The van der Waals surface area contributed by atoms with Crippen molar-refractivity contribution in [2.75, 3.05) is 0 Å². The highest BCUT2D eigenvalue weighted by Crippen LogP contribution is 1.70. The van der Waals surface area contributed by atoms with E-state index in [2.05, 4.69) is 24.2 Å². The molecule has 0 saturated heterocycles. The molecule has 0 saturated carbocycles. The number of hydrogen-bond donors (Lipinski definition) is 0. The molecule has 0 N–H and O–H groups in total. The summed E-state index contributed by atoms with van der Waals surface area (Å²) in [6.07, 6.45) is 0. The fourth-order valence-corrected chi connectivity index (χ4v) is 0. The van der Waals surface area contributed by atoms with Crippen LogP contribution in [0.3, 0.4) is 0 Å². The Labute approximate surface area is 46.5 Å². The Balaban J connectivity index is 0. The van der Waals surface area contributed by atoms with Gasteiger partial charge in [-0.2, -0.15) is 0 Å². The molecule has 0 fully saturated rings. The number of halogens is 2. The van der Waals surface area contributed by atoms with Crippen LogP contribution in [0, 0.1) is 0 Å². The Bertz CT molecular complexity index is 32.6. The molecule has 0 heterocycles. The summed E-state index contributed by atoms with van der Waals surface area (Å²) in [5.74, 6) is 0. The van der Waals surface area contributed by atoms with Crippen molar-refractivity contribution in [1.82, 2.24) is 0 Å². The van der Waals surface area contributed by atoms with E-state index in [1.165, 1.54) is 0 Å². The Morgan fingerprint density at radius 1 is 1.80 bits per heavy atom. The minimum absolute atomic E-state index is 0. The van der Waals surface area contributed by atoms with Gasteiger partial charge in [0.1, 0.15) is 0 Å². The third-order valence-corrected chi connectivity index (χ3v) is 0. The molecule has 0 spiro atoms. The van der Waals surface area contributed by atoms with Crippen LogP contribution in [0.4, 0.5) is 4.79 Å². The van der Waals surface area contributed by atoms with Gasteiger partial charge >= 0.3 is 4.57 Å². The van der Waals surface area contributed by atoms with Gasteiger partial charge in [-0.3, -0.25) is 0 Å². The second kappa shape index (κ2) is 4.60. The van der Waals surface area contributed by atoms with Gasteiger partial charge in [0.05, 0.1) is 0 Å². The zero-order chi connectivity index (χ0) is 3.58. The molecule has 0 aromatic carbocycles. The van der Waals surface area contributed by atoms with Crippen LogP contribution in [-0.4, -0.2) is 4.57 Å². The summed E-state index contributed by atoms with van der Waals surface area (Å²) < 4.78 is -0.556. The lowest BCUT2D eigenvalue weighted by Gasteiger charge is -1.40. The topological polar surface area (TPSA) is 17.1 Å². The van der Waals surface area contributed by atoms with Crippen LogP contribution in [-0.2, 0) is 12.6 Å². The Kier molecular flexibility index (Phi) is 8.41. The van der Waals surface area contributed by atoms with Crippen LogP contribution in [0.15, 0.2) is 0 Å². The molecular formula is CH2Cl2OS. The summed E-state index contributed by atoms with van der Waals surface area (Å²) in [6, 6.07) is 0. The van der Waals surface area contributed by atoms with Crippen molar-refractivity contribution >= 4 is 28.8 Å². The minimum Gasteiger partial charge on any atom is -1.00 e. The van der Waals surface area contributed by atoms with E-state index in [4.69, 9.17) is 4.79 Å². The van der Waals surface area contributed by atoms with Gasteiger partial charge in [-0.05, 0) is 0 Å². The lowest BCUT2D eigenvalue weighted by molar-refractivity contribution is -0.00000324. The maximum Gasteiger partial charge on any atom is 0.420 e. The summed E-state index contributed by atoms with van der Waals surface area (Å²) in [5, 5.41) is 0. The molecule has 5 heavy (non-hydrogen) atoms. The SMILES string of the molecule is O=C([SH2+])Cl.[Cl-]. The summed E-state index contributed by atoms with van der Waals surface area (Å²) in [5.41, 5.74) is 0. The van der Waals surface area contributed by atoms with Crippen molar-refractivity contribution in [2.24, 2.45) is 0 Å². The quantitative estimate of drug-likeness (QED) is 0.261. The van der Waals surface area contributed by atoms with Crippen molar-refractivity contribution in [3.05, 3.63) is 0 Å². The van der Waals surface area contributed by atoms with Crippen molar-refractivity contribution in [3.8, 4) is 0 Å². The van der Waals surface area contributed by atoms with Crippen LogP contribution in [0.25, 0.3) is 0 Å². The number of hydrogen-bond acceptors (Lipinski definition) is 1. The normalized spacial score (nSPS) is 5.20. The van der Waals surface area contributed by atoms with Crippen molar-refractivity contribution < 1.29 is 17.2 Å². The molecule has 0 aliphatic carbocycles. The van der Waals surface area contributed by atoms with E-state index in [0.717, 1.165) is 0 Å². The summed E-state index contributed by atoms with van der Waals surface area (Å²) in [4.78, 5) is 9.12. The lowest BCUT2D eigenvalue weighted by Crippen LogP contribution is -3.00. The first kappa shape index (κ1) is 9.14. The fourth-order valence-electron chi connectivity index (χ4n) is 0. The Morgan fingerprint density at radius 2 is 1.80 bits per heavy atom. The number of carbonyl (C=O) groups is 1. The molecule has 0 amide bonds. The molecule has 0 aliphatic heterocycles. The van der Waals surface area contributed by atoms with Crippen LogP contribution in [0.2, 0.25) is 0 Å². The van der Waals surface area contributed by atoms with E-state index in [1.54, 1.807) is 0 Å². The zero-order valence-corrected chi connectivity index (χ0v) is 4.68. The summed E-state index contributed by atoms with van der Waals surface area (Å²) >= 11 is 6.99. The van der Waals surface area contributed by atoms with Crippen molar-refractivity contribution in [3.63, 3.8) is 0 Å². The zero-order valence-electron chi connectivity index (χ0n) is 2.16. The average molecular weight is 133 g/mol. The maximum atomic E-state index is 9.12. The van der Waals surface area contributed by atoms with Gasteiger partial charge in [-0.1, -0.05) is 0 Å². The van der Waals surface area contributed by atoms with Gasteiger partial charge in [0.2, 0.25) is 0 Å². The molecule has 0 aliphatic rings. The molecule has 4 heteroatoms. The molecule has 0 atom stereocenters. The van der Waals surface area contributed by atoms with Gasteiger partial charge in [-0.25, -0.2) is 4.79 Å². The van der Waals surface area contributed by atoms with Gasteiger partial charge in [0.15, 0.2) is 0 Å². The van der Waals surface area contributed by atoms with E-state index in [0.29, 0.717) is 0 Å². The third-order valence-electron chi connectivity index (χ3n) is 0. The standard InChI is InChI=1S/CHClOS.ClH/c2-1(3)4;/h(H,3,4);1H. The van der Waals surface area contributed by atoms with E-state index in [9.17, 15) is 0 Å². The van der Waals surface area contributed by atoms with Crippen LogP contribution in [0.1, 0.15) is 0 Å². The Hall–Kier alpha value is 0.600. The smallest absolute Gasteiger partial charge is 0.420 e. The van der Waals surface area contributed by atoms with Crippen LogP contribution >= 0.6 is 11.6 Å². The van der Waals surface area contributed by atoms with E-state index >= 15 is 0 Å². The maximum absolute atomic E-state index is 9.12. The molecule has 0 aromatic heterocycles. The number of carbonyl (C=O) groups excluding carboxylic acids is 1. The highest BCUT2D eigenvalue weighted by molar-refractivity contribution is 7.81. The highest BCUT2D eigenvalue weighted by atomic mass is 35.5. The molecule has 0 aromatic rings. The number of rotatable bonds is 0. The van der Waals surface area contributed by atoms with E-state index in [-0.39, 0.29) is 12.4 Å². The first-order valence-electron chi connectivity index (χ1n) is 0.643. The van der Waals surface area contributed by atoms with Crippen molar-refractivity contribution in [2.45, 2.75) is 0 Å². The van der Waals surface area contributed by atoms with Crippen LogP contribution in [0.5, 0.6) is 0 Å². The third kappa shape index (κ3) is 86.4. The van der Waals surface area contributed by atoms with Gasteiger partial charge < -0.3 is 12.4 Å². The molecule has 0 unspecified atom stereocenters. The summed E-state index contributed by atoms with van der Waals surface area (Å²) in [6.45, 7) is 0. The first-order valence-corrected chi connectivity index (χ1v) is 1.52. The van der Waals surface area contributed by atoms with Gasteiger partial charge in [-0.15, -0.1) is 0 Å². The van der Waals surface area contributed by atoms with Gasteiger partial charge in [0, 0.05) is 24.2 Å². The minimum atomic E-state index is -0.556. The largest absolute Gasteiger partial charge is 1.00 e.